The predicted molar refractivity (Wildman–Crippen MR) is 626 cm³/mol. The van der Waals surface area contributed by atoms with E-state index in [9.17, 15) is 73.3 Å². The van der Waals surface area contributed by atoms with Gasteiger partial charge in [0.05, 0.1) is 41.5 Å². The quantitative estimate of drug-likeness (QED) is 0.0134. The average Bonchev–Trinajstić information content (AvgIpc) is 0.861. The number of carbonyl (C=O) groups excluding carboxylic acids is 3. The maximum absolute atomic E-state index is 11.9. The van der Waals surface area contributed by atoms with Crippen LogP contribution in [-0.4, -0.2) is 124 Å². The number of halogens is 1. The molecule has 0 atom stereocenters. The molecule has 0 aromatic heterocycles. The standard InChI is InChI=1S/C15H15NO3.C14H15NO2S.C11H17NO2S.C11H15NO2.C10H16N2O2S.3C10H15NO2S.C9H11NO2S.C9H11NO.CH3I/c1-11-4-3-5-12(10-11)16-15(17)19-14-8-6-13(18-2)7-9-14;1-12-7-9-14(10-8-12)15-18(16,17)11-13-5-3-2-4-6-13;1-3-4-9-15(13,14)12-11-7-5-10(2)6-8-11;1-8(2)14-11(13)12-10-6-4-5-9(3)7-10;1-8(2)11-15(13,14)12-10-6-4-5-9(3)7-10;1-8(2)14(12,13)11-10-6-4-9(3)5-7-10;1-3-8-14(12,13)11-10-6-4-9(2)5-7-10;1-3-7-14(12,13)11-10-6-4-5-9(2)8-10;1-3-13(11,12)10-9-6-4-5-8(2)7-9;1-7-3-5-9(6-4-7)10-8(2)11;1-2/h3-10H,1-2H3,(H,16,17);2-10,15H,11H2,1H3;5-8,12H,3-4,9H2,1-2H3;4-8H,1-3H3,(H,12,13);4-8,11-12H,1-3H3;4-8,11H,1-3H3;4-7,11H,3,8H2,1-2H3;4-6,8,11H,3,7H2,1-2H3;3-7,10H,1H2,2H3;3-6H,1-2H3,(H,10,11);1H3. The zero-order chi connectivity index (χ0) is 112. The van der Waals surface area contributed by atoms with Crippen LogP contribution >= 0.6 is 22.6 Å². The molecule has 812 valence electrons. The van der Waals surface area contributed by atoms with Crippen molar-refractivity contribution in [3.63, 3.8) is 0 Å². The number of unbranched alkanes of at least 4 members (excludes halogenated alkanes) is 1. The topological polar surface area (TPSA) is 450 Å². The minimum absolute atomic E-state index is 0.0122. The van der Waals surface area contributed by atoms with Gasteiger partial charge < -0.3 is 19.5 Å². The van der Waals surface area contributed by atoms with Crippen LogP contribution in [0.3, 0.4) is 0 Å². The van der Waals surface area contributed by atoms with Gasteiger partial charge in [-0.2, -0.15) is 13.1 Å². The van der Waals surface area contributed by atoms with Gasteiger partial charge in [0.15, 0.2) is 0 Å². The van der Waals surface area contributed by atoms with Gasteiger partial charge >= 0.3 is 12.2 Å². The number of anilines is 10. The minimum Gasteiger partial charge on any atom is -0.497 e. The minimum atomic E-state index is -3.45. The maximum atomic E-state index is 11.9. The number of benzene rings is 12. The molecule has 0 aliphatic heterocycles. The first-order valence-electron chi connectivity index (χ1n) is 47.4. The monoisotopic (exact) mass is 2290 g/mol. The molecule has 0 aliphatic carbocycles. The summed E-state index contributed by atoms with van der Waals surface area (Å²) in [5.41, 5.74) is 18.2. The number of hydrogen-bond acceptors (Lipinski definition) is 20. The molecule has 0 heterocycles. The third kappa shape index (κ3) is 63.6. The van der Waals surface area contributed by atoms with Crippen LogP contribution in [0.25, 0.3) is 0 Å². The molecule has 0 fully saturated rings. The van der Waals surface area contributed by atoms with Crippen molar-refractivity contribution in [2.24, 2.45) is 0 Å². The van der Waals surface area contributed by atoms with Gasteiger partial charge in [0.2, 0.25) is 56.0 Å². The molecule has 39 heteroatoms. The molecule has 0 spiro atoms. The number of rotatable bonds is 33. The van der Waals surface area contributed by atoms with Gasteiger partial charge in [0.1, 0.15) is 11.5 Å². The lowest BCUT2D eigenvalue weighted by atomic mass is 10.2. The van der Waals surface area contributed by atoms with Gasteiger partial charge in [-0.25, -0.2) is 60.1 Å². The van der Waals surface area contributed by atoms with Crippen molar-refractivity contribution in [2.75, 3.05) is 78.3 Å². The Morgan fingerprint density at radius 3 is 0.973 bits per heavy atom. The Hall–Kier alpha value is -12.9. The molecule has 0 bridgehead atoms. The lowest BCUT2D eigenvalue weighted by Crippen LogP contribution is -2.35. The summed E-state index contributed by atoms with van der Waals surface area (Å²) in [5, 5.41) is 8.48. The summed E-state index contributed by atoms with van der Waals surface area (Å²) in [6.07, 6.45) is 1.81. The number of aryl methyl sites for hydroxylation is 10. The fourth-order valence-corrected chi connectivity index (χ4v) is 18.8. The molecule has 11 N–H and O–H groups in total. The molecule has 0 saturated carbocycles. The van der Waals surface area contributed by atoms with E-state index in [1.165, 1.54) is 12.5 Å². The van der Waals surface area contributed by atoms with Gasteiger partial charge in [0.25, 0.3) is 20.2 Å². The highest BCUT2D eigenvalue weighted by Gasteiger charge is 2.18. The zero-order valence-electron chi connectivity index (χ0n) is 88.9. The first-order valence-corrected chi connectivity index (χ1v) is 60.7. The van der Waals surface area contributed by atoms with Crippen LogP contribution in [0.5, 0.6) is 11.5 Å². The fourth-order valence-electron chi connectivity index (χ4n) is 11.7. The van der Waals surface area contributed by atoms with E-state index in [4.69, 9.17) is 14.2 Å². The Balaban J connectivity index is 0.000000560. The molecule has 0 unspecified atom stereocenters. The summed E-state index contributed by atoms with van der Waals surface area (Å²) >= 11 is 2.15. The largest absolute Gasteiger partial charge is 0.497 e. The van der Waals surface area contributed by atoms with Crippen molar-refractivity contribution >= 4 is 168 Å². The second-order valence-corrected chi connectivity index (χ2v) is 47.0. The van der Waals surface area contributed by atoms with E-state index >= 15 is 0 Å². The summed E-state index contributed by atoms with van der Waals surface area (Å²) in [4.78, 5) is 35.4. The summed E-state index contributed by atoms with van der Waals surface area (Å²) in [7, 11) is -21.3. The second kappa shape index (κ2) is 68.7. The highest BCUT2D eigenvalue weighted by molar-refractivity contribution is 14.1. The Kier molecular flexibility index (Phi) is 60.9. The Morgan fingerprint density at radius 2 is 0.644 bits per heavy atom. The molecule has 12 rings (SSSR count). The molecular weight excluding hydrogens is 2150 g/mol. The van der Waals surface area contributed by atoms with E-state index in [2.05, 4.69) is 82.9 Å². The maximum Gasteiger partial charge on any atom is 0.417 e. The van der Waals surface area contributed by atoms with Crippen molar-refractivity contribution in [3.8, 4) is 11.5 Å². The van der Waals surface area contributed by atoms with Gasteiger partial charge in [0, 0.05) is 75.2 Å². The van der Waals surface area contributed by atoms with E-state index in [1.54, 1.807) is 156 Å². The Labute approximate surface area is 900 Å². The van der Waals surface area contributed by atoms with Gasteiger partial charge in [-0.1, -0.05) is 236 Å². The van der Waals surface area contributed by atoms with Crippen LogP contribution in [-0.2, 0) is 85.6 Å². The number of amides is 3. The molecule has 0 radical (unpaired) electrons. The number of alkyl halides is 1. The average molecular weight is 2300 g/mol. The third-order valence-electron chi connectivity index (χ3n) is 18.8. The SMILES string of the molecule is C=CS(=O)(=O)Nc1cccc(C)c1.CC(=O)Nc1ccc(C)cc1.CCCCS(=O)(=O)Nc1ccc(C)cc1.CCCS(=O)(=O)Nc1ccc(C)cc1.CCCS(=O)(=O)Nc1cccc(C)c1.CI.COc1ccc(OC(=O)Nc2cccc(C)c2)cc1.Cc1ccc(NS(=O)(=O)C(C)C)cc1.Cc1ccc(NS(=O)(=O)Cc2ccccc2)cc1.Cc1cccc(NC(=O)OC(C)C)c1.Cc1cccc(NS(=O)(=O)NC(C)C)c1. The number of ether oxygens (including phenoxy) is 3. The fraction of sp³-hybridized carbons (Fsp3) is 0.300. The highest BCUT2D eigenvalue weighted by atomic mass is 127. The Bertz CT molecular complexity index is 6890. The molecule has 12 aromatic rings. The van der Waals surface area contributed by atoms with Crippen molar-refractivity contribution < 1.29 is 87.5 Å². The highest BCUT2D eigenvalue weighted by Crippen LogP contribution is 2.23. The number of methoxy groups -OCH3 is 1. The van der Waals surface area contributed by atoms with Crippen LogP contribution in [0, 0.1) is 69.2 Å². The molecular formula is C110H148IN11O20S7. The van der Waals surface area contributed by atoms with Gasteiger partial charge in [-0.3, -0.25) is 48.5 Å². The van der Waals surface area contributed by atoms with E-state index in [0.29, 0.717) is 76.3 Å². The van der Waals surface area contributed by atoms with Gasteiger partial charge in [-0.15, -0.1) is 0 Å². The van der Waals surface area contributed by atoms with Crippen LogP contribution < -0.4 is 63.2 Å². The summed E-state index contributed by atoms with van der Waals surface area (Å²) in [6.45, 7) is 40.4. The van der Waals surface area contributed by atoms with Crippen LogP contribution in [0.4, 0.5) is 66.5 Å². The molecule has 31 nitrogen and oxygen atoms in total. The number of hydrogen-bond donors (Lipinski definition) is 11. The van der Waals surface area contributed by atoms with E-state index in [0.717, 1.165) is 78.8 Å². The number of sulfonamides is 6. The van der Waals surface area contributed by atoms with Crippen LogP contribution in [0.15, 0.2) is 309 Å². The number of carbonyl (C=O) groups is 3. The second-order valence-electron chi connectivity index (χ2n) is 34.5. The van der Waals surface area contributed by atoms with Crippen molar-refractivity contribution in [2.45, 2.75) is 187 Å². The van der Waals surface area contributed by atoms with Crippen molar-refractivity contribution in [1.82, 2.24) is 4.72 Å². The van der Waals surface area contributed by atoms with Crippen LogP contribution in [0.2, 0.25) is 0 Å². The van der Waals surface area contributed by atoms with Crippen LogP contribution in [0.1, 0.15) is 156 Å². The smallest absolute Gasteiger partial charge is 0.417 e. The predicted octanol–water partition coefficient (Wildman–Crippen LogP) is 25.0. The molecule has 0 aliphatic rings. The lowest BCUT2D eigenvalue weighted by Gasteiger charge is -2.11. The molecule has 0 saturated heterocycles. The summed E-state index contributed by atoms with van der Waals surface area (Å²) < 4.78 is 196. The van der Waals surface area contributed by atoms with E-state index in [-0.39, 0.29) is 41.1 Å². The van der Waals surface area contributed by atoms with E-state index < -0.39 is 87.8 Å². The molecule has 12 aromatic carbocycles. The number of nitrogens with one attached hydrogen (secondary N) is 11. The van der Waals surface area contributed by atoms with E-state index in [1.807, 2.05) is 285 Å². The lowest BCUT2D eigenvalue weighted by molar-refractivity contribution is -0.114. The van der Waals surface area contributed by atoms with Crippen molar-refractivity contribution in [1.29, 1.82) is 0 Å². The first kappa shape index (κ1) is 132. The molecule has 3 amide bonds. The van der Waals surface area contributed by atoms with Gasteiger partial charge in [-0.05, 0) is 314 Å². The summed E-state index contributed by atoms with van der Waals surface area (Å²) in [6, 6.07) is 89.4. The normalized spacial score (nSPS) is 10.8. The van der Waals surface area contributed by atoms with Crippen molar-refractivity contribution in [3.05, 3.63) is 370 Å². The first-order chi connectivity index (χ1) is 69.9. The zero-order valence-corrected chi connectivity index (χ0v) is 96.7. The summed E-state index contributed by atoms with van der Waals surface area (Å²) in [5.74, 6) is 1.66. The third-order valence-corrected chi connectivity index (χ3v) is 28.4. The molecule has 149 heavy (non-hydrogen) atoms. The Morgan fingerprint density at radius 1 is 0.329 bits per heavy atom.